The summed E-state index contributed by atoms with van der Waals surface area (Å²) >= 11 is 0. The number of Topliss-reactive ketones (excluding diaryl/α,β-unsaturated/α-hetero) is 1. The Morgan fingerprint density at radius 1 is 1.28 bits per heavy atom. The predicted octanol–water partition coefficient (Wildman–Crippen LogP) is 2.39. The molecule has 18 heavy (non-hydrogen) atoms. The average Bonchev–Trinajstić information content (AvgIpc) is 2.25. The van der Waals surface area contributed by atoms with Crippen molar-refractivity contribution < 1.29 is 23.5 Å². The molecule has 0 spiro atoms. The Morgan fingerprint density at radius 2 is 1.72 bits per heavy atom. The van der Waals surface area contributed by atoms with Crippen molar-refractivity contribution >= 4 is 13.4 Å². The van der Waals surface area contributed by atoms with Crippen LogP contribution in [-0.4, -0.2) is 36.4 Å². The molecule has 0 bridgehead atoms. The third-order valence-electron chi connectivity index (χ3n) is 2.48. The SMILES string of the molecule is C=C(C)[C@@H](O)[C@H](CP(=O)(OCC)OCC)C(C)=O. The zero-order valence-electron chi connectivity index (χ0n) is 11.5. The minimum atomic E-state index is -3.34. The lowest BCUT2D eigenvalue weighted by Crippen LogP contribution is -2.31. The van der Waals surface area contributed by atoms with Crippen molar-refractivity contribution in [2.24, 2.45) is 5.92 Å². The fourth-order valence-corrected chi connectivity index (χ4v) is 3.58. The second-order valence-electron chi connectivity index (χ2n) is 4.14. The van der Waals surface area contributed by atoms with Gasteiger partial charge < -0.3 is 14.2 Å². The standard InChI is InChI=1S/C12H23O5P/c1-6-16-18(15,17-7-2)8-11(10(5)13)12(14)9(3)4/h11-12,14H,3,6-8H2,1-2,4-5H3/t11-,12-/m1/s1. The van der Waals surface area contributed by atoms with Gasteiger partial charge in [0.25, 0.3) is 0 Å². The molecule has 1 N–H and O–H groups in total. The molecule has 0 rings (SSSR count). The lowest BCUT2D eigenvalue weighted by Gasteiger charge is -2.25. The number of rotatable bonds is 9. The Hall–Kier alpha value is -0.480. The Morgan fingerprint density at radius 3 is 2.00 bits per heavy atom. The summed E-state index contributed by atoms with van der Waals surface area (Å²) in [4.78, 5) is 11.5. The minimum Gasteiger partial charge on any atom is -0.388 e. The van der Waals surface area contributed by atoms with Crippen molar-refractivity contribution in [2.45, 2.75) is 33.8 Å². The van der Waals surface area contributed by atoms with Gasteiger partial charge in [-0.15, -0.1) is 0 Å². The third-order valence-corrected chi connectivity index (χ3v) is 4.62. The number of aliphatic hydroxyl groups is 1. The average molecular weight is 278 g/mol. The van der Waals surface area contributed by atoms with Gasteiger partial charge in [0.1, 0.15) is 5.78 Å². The van der Waals surface area contributed by atoms with Crippen molar-refractivity contribution in [1.82, 2.24) is 0 Å². The Labute approximate surface area is 109 Å². The van der Waals surface area contributed by atoms with E-state index < -0.39 is 19.6 Å². The van der Waals surface area contributed by atoms with Crippen LogP contribution in [-0.2, 0) is 18.4 Å². The molecular formula is C12H23O5P. The van der Waals surface area contributed by atoms with E-state index in [0.717, 1.165) is 0 Å². The molecule has 2 atom stereocenters. The van der Waals surface area contributed by atoms with Crippen LogP contribution in [0.2, 0.25) is 0 Å². The maximum atomic E-state index is 12.3. The molecule has 0 aliphatic carbocycles. The molecular weight excluding hydrogens is 255 g/mol. The smallest absolute Gasteiger partial charge is 0.331 e. The zero-order valence-corrected chi connectivity index (χ0v) is 12.4. The zero-order chi connectivity index (χ0) is 14.3. The van der Waals surface area contributed by atoms with Crippen LogP contribution in [0.15, 0.2) is 12.2 Å². The van der Waals surface area contributed by atoms with E-state index in [2.05, 4.69) is 6.58 Å². The molecule has 0 saturated carbocycles. The first-order valence-corrected chi connectivity index (χ1v) is 7.72. The monoisotopic (exact) mass is 278 g/mol. The Balaban J connectivity index is 4.99. The molecule has 106 valence electrons. The third kappa shape index (κ3) is 5.44. The van der Waals surface area contributed by atoms with Crippen LogP contribution >= 0.6 is 7.60 Å². The van der Waals surface area contributed by atoms with Gasteiger partial charge in [-0.1, -0.05) is 12.2 Å². The number of hydrogen-bond donors (Lipinski definition) is 1. The van der Waals surface area contributed by atoms with Crippen LogP contribution in [0.5, 0.6) is 0 Å². The summed E-state index contributed by atoms with van der Waals surface area (Å²) in [6.07, 6.45) is -1.16. The summed E-state index contributed by atoms with van der Waals surface area (Å²) in [6, 6.07) is 0. The number of carbonyl (C=O) groups excluding carboxylic acids is 1. The number of ketones is 1. The summed E-state index contributed by atoms with van der Waals surface area (Å²) in [7, 11) is -3.34. The van der Waals surface area contributed by atoms with E-state index in [4.69, 9.17) is 9.05 Å². The summed E-state index contributed by atoms with van der Waals surface area (Å²) in [5.41, 5.74) is 0.453. The van der Waals surface area contributed by atoms with Crippen molar-refractivity contribution in [2.75, 3.05) is 19.4 Å². The van der Waals surface area contributed by atoms with Gasteiger partial charge in [0.2, 0.25) is 0 Å². The fourth-order valence-electron chi connectivity index (χ4n) is 1.57. The predicted molar refractivity (Wildman–Crippen MR) is 70.7 cm³/mol. The summed E-state index contributed by atoms with van der Waals surface area (Å²) < 4.78 is 22.6. The molecule has 5 nitrogen and oxygen atoms in total. The lowest BCUT2D eigenvalue weighted by molar-refractivity contribution is -0.122. The summed E-state index contributed by atoms with van der Waals surface area (Å²) in [6.45, 7) is 10.4. The second-order valence-corrected chi connectivity index (χ2v) is 6.24. The Bertz CT molecular complexity index is 329. The highest BCUT2D eigenvalue weighted by Gasteiger charge is 2.35. The van der Waals surface area contributed by atoms with Gasteiger partial charge in [-0.2, -0.15) is 0 Å². The van der Waals surface area contributed by atoms with Crippen LogP contribution in [0.1, 0.15) is 27.7 Å². The van der Waals surface area contributed by atoms with Crippen LogP contribution in [0, 0.1) is 5.92 Å². The van der Waals surface area contributed by atoms with E-state index >= 15 is 0 Å². The first-order valence-electron chi connectivity index (χ1n) is 5.99. The Kier molecular flexibility index (Phi) is 7.64. The van der Waals surface area contributed by atoms with Crippen molar-refractivity contribution in [3.05, 3.63) is 12.2 Å². The lowest BCUT2D eigenvalue weighted by atomic mass is 9.96. The first-order chi connectivity index (χ1) is 8.27. The van der Waals surface area contributed by atoms with Crippen molar-refractivity contribution in [3.8, 4) is 0 Å². The topological polar surface area (TPSA) is 72.8 Å². The van der Waals surface area contributed by atoms with Crippen LogP contribution in [0.25, 0.3) is 0 Å². The largest absolute Gasteiger partial charge is 0.388 e. The molecule has 0 radical (unpaired) electrons. The highest BCUT2D eigenvalue weighted by Crippen LogP contribution is 2.50. The van der Waals surface area contributed by atoms with Gasteiger partial charge in [0, 0.05) is 0 Å². The van der Waals surface area contributed by atoms with Crippen molar-refractivity contribution in [3.63, 3.8) is 0 Å². The molecule has 0 saturated heterocycles. The van der Waals surface area contributed by atoms with Gasteiger partial charge in [-0.25, -0.2) is 0 Å². The van der Waals surface area contributed by atoms with E-state index in [1.165, 1.54) is 6.92 Å². The molecule has 0 amide bonds. The molecule has 0 aliphatic heterocycles. The van der Waals surface area contributed by atoms with E-state index in [9.17, 15) is 14.5 Å². The van der Waals surface area contributed by atoms with Gasteiger partial charge in [0.05, 0.1) is 31.4 Å². The summed E-state index contributed by atoms with van der Waals surface area (Å²) in [5, 5.41) is 9.90. The molecule has 0 heterocycles. The molecule has 0 unspecified atom stereocenters. The maximum absolute atomic E-state index is 12.3. The number of aliphatic hydroxyl groups excluding tert-OH is 1. The van der Waals surface area contributed by atoms with E-state index in [1.807, 2.05) is 0 Å². The maximum Gasteiger partial charge on any atom is 0.331 e. The molecule has 0 aromatic carbocycles. The number of carbonyl (C=O) groups is 1. The fraction of sp³-hybridized carbons (Fsp3) is 0.750. The van der Waals surface area contributed by atoms with Crippen molar-refractivity contribution in [1.29, 1.82) is 0 Å². The normalized spacial score (nSPS) is 15.2. The molecule has 0 aliphatic rings. The van der Waals surface area contributed by atoms with E-state index in [-0.39, 0.29) is 25.2 Å². The minimum absolute atomic E-state index is 0.127. The highest BCUT2D eigenvalue weighted by molar-refractivity contribution is 7.53. The van der Waals surface area contributed by atoms with Gasteiger partial charge >= 0.3 is 7.60 Å². The highest BCUT2D eigenvalue weighted by atomic mass is 31.2. The quantitative estimate of drug-likeness (QED) is 0.518. The van der Waals surface area contributed by atoms with Crippen LogP contribution in [0.3, 0.4) is 0 Å². The summed E-state index contributed by atoms with van der Waals surface area (Å²) in [5.74, 6) is -1.07. The molecule has 0 fully saturated rings. The molecule has 0 aromatic rings. The van der Waals surface area contributed by atoms with Gasteiger partial charge in [-0.3, -0.25) is 9.36 Å². The van der Waals surface area contributed by atoms with Gasteiger partial charge in [0.15, 0.2) is 0 Å². The second kappa shape index (κ2) is 7.85. The van der Waals surface area contributed by atoms with E-state index in [1.54, 1.807) is 20.8 Å². The molecule has 6 heteroatoms. The first kappa shape index (κ1) is 17.5. The molecule has 0 aromatic heterocycles. The van der Waals surface area contributed by atoms with Gasteiger partial charge in [-0.05, 0) is 27.7 Å². The van der Waals surface area contributed by atoms with E-state index in [0.29, 0.717) is 5.57 Å². The number of hydrogen-bond acceptors (Lipinski definition) is 5. The van der Waals surface area contributed by atoms with Crippen LogP contribution < -0.4 is 0 Å². The van der Waals surface area contributed by atoms with Crippen LogP contribution in [0.4, 0.5) is 0 Å².